The normalized spacial score (nSPS) is 12.5. The molecule has 0 aliphatic carbocycles. The van der Waals surface area contributed by atoms with Gasteiger partial charge < -0.3 is 24.8 Å². The van der Waals surface area contributed by atoms with Gasteiger partial charge in [0.15, 0.2) is 18.1 Å². The molecule has 0 saturated heterocycles. The van der Waals surface area contributed by atoms with E-state index in [0.29, 0.717) is 22.9 Å². The van der Waals surface area contributed by atoms with Gasteiger partial charge in [0.1, 0.15) is 6.04 Å². The van der Waals surface area contributed by atoms with Crippen LogP contribution >= 0.6 is 23.4 Å². The SMILES string of the molecule is CSCC[C@H](NC(=O)c1ccc([N+](=O)[O-])cc1Cl)C(=O)OCC(=O)Nc1ccc2c(c1)OCO2. The second-order valence-electron chi connectivity index (χ2n) is 6.95. The third-order valence-electron chi connectivity index (χ3n) is 4.61. The molecule has 13 heteroatoms. The van der Waals surface area contributed by atoms with Crippen LogP contribution in [0.25, 0.3) is 0 Å². The lowest BCUT2D eigenvalue weighted by molar-refractivity contribution is -0.384. The Morgan fingerprint density at radius 3 is 2.68 bits per heavy atom. The van der Waals surface area contributed by atoms with Gasteiger partial charge in [-0.2, -0.15) is 11.8 Å². The van der Waals surface area contributed by atoms with Crippen LogP contribution in [0.4, 0.5) is 11.4 Å². The molecular weight excluding hydrogens is 490 g/mol. The van der Waals surface area contributed by atoms with Gasteiger partial charge in [0.25, 0.3) is 17.5 Å². The number of carbonyl (C=O) groups excluding carboxylic acids is 3. The van der Waals surface area contributed by atoms with Crippen molar-refractivity contribution in [3.8, 4) is 11.5 Å². The number of ether oxygens (including phenoxy) is 3. The molecule has 1 aliphatic rings. The molecule has 34 heavy (non-hydrogen) atoms. The first-order valence-electron chi connectivity index (χ1n) is 9.88. The Morgan fingerprint density at radius 1 is 1.21 bits per heavy atom. The molecule has 2 aromatic carbocycles. The van der Waals surface area contributed by atoms with Crippen LogP contribution < -0.4 is 20.1 Å². The average Bonchev–Trinajstić information content (AvgIpc) is 3.27. The number of hydrogen-bond acceptors (Lipinski definition) is 9. The molecule has 1 atom stereocenters. The van der Waals surface area contributed by atoms with Crippen LogP contribution in [0.3, 0.4) is 0 Å². The fourth-order valence-electron chi connectivity index (χ4n) is 2.93. The second-order valence-corrected chi connectivity index (χ2v) is 8.35. The van der Waals surface area contributed by atoms with Crippen molar-refractivity contribution in [2.24, 2.45) is 0 Å². The van der Waals surface area contributed by atoms with E-state index in [1.807, 2.05) is 6.26 Å². The fourth-order valence-corrected chi connectivity index (χ4v) is 3.66. The number of hydrogen-bond donors (Lipinski definition) is 2. The number of fused-ring (bicyclic) bond motifs is 1. The Kier molecular flexibility index (Phi) is 8.55. The molecule has 2 N–H and O–H groups in total. The minimum Gasteiger partial charge on any atom is -0.454 e. The number of benzene rings is 2. The number of anilines is 1. The van der Waals surface area contributed by atoms with Gasteiger partial charge in [0.05, 0.1) is 15.5 Å². The minimum absolute atomic E-state index is 0.0326. The smallest absolute Gasteiger partial charge is 0.329 e. The molecule has 0 fully saturated rings. The molecule has 0 unspecified atom stereocenters. The maximum absolute atomic E-state index is 12.6. The zero-order valence-electron chi connectivity index (χ0n) is 17.9. The Morgan fingerprint density at radius 2 is 1.97 bits per heavy atom. The van der Waals surface area contributed by atoms with Gasteiger partial charge in [0.2, 0.25) is 6.79 Å². The summed E-state index contributed by atoms with van der Waals surface area (Å²) in [7, 11) is 0. The van der Waals surface area contributed by atoms with Crippen molar-refractivity contribution in [3.05, 3.63) is 57.1 Å². The first kappa shape index (κ1) is 25.1. The fraction of sp³-hybridized carbons (Fsp3) is 0.286. The van der Waals surface area contributed by atoms with E-state index in [1.54, 1.807) is 18.2 Å². The van der Waals surface area contributed by atoms with Crippen LogP contribution in [-0.4, -0.2) is 54.2 Å². The van der Waals surface area contributed by atoms with Crippen molar-refractivity contribution in [1.29, 1.82) is 0 Å². The number of carbonyl (C=O) groups is 3. The Hall–Kier alpha value is -3.51. The number of nitro groups is 1. The van der Waals surface area contributed by atoms with Crippen LogP contribution in [0.15, 0.2) is 36.4 Å². The van der Waals surface area contributed by atoms with E-state index in [-0.39, 0.29) is 29.5 Å². The van der Waals surface area contributed by atoms with E-state index < -0.39 is 35.4 Å². The minimum atomic E-state index is -1.05. The number of nitrogens with zero attached hydrogens (tertiary/aromatic N) is 1. The Bertz CT molecular complexity index is 1110. The average molecular weight is 510 g/mol. The number of rotatable bonds is 10. The van der Waals surface area contributed by atoms with Crippen molar-refractivity contribution in [2.45, 2.75) is 12.5 Å². The van der Waals surface area contributed by atoms with Crippen LogP contribution in [0.1, 0.15) is 16.8 Å². The molecule has 1 heterocycles. The van der Waals surface area contributed by atoms with Gasteiger partial charge in [-0.1, -0.05) is 11.6 Å². The summed E-state index contributed by atoms with van der Waals surface area (Å²) in [5.41, 5.74) is 0.133. The van der Waals surface area contributed by atoms with E-state index in [9.17, 15) is 24.5 Å². The molecule has 180 valence electrons. The Labute approximate surface area is 203 Å². The molecule has 0 bridgehead atoms. The lowest BCUT2D eigenvalue weighted by Gasteiger charge is -2.17. The van der Waals surface area contributed by atoms with Crippen molar-refractivity contribution < 1.29 is 33.5 Å². The van der Waals surface area contributed by atoms with E-state index in [1.165, 1.54) is 17.8 Å². The summed E-state index contributed by atoms with van der Waals surface area (Å²) in [6.45, 7) is -0.476. The maximum atomic E-state index is 12.6. The second kappa shape index (κ2) is 11.6. The summed E-state index contributed by atoms with van der Waals surface area (Å²) in [5.74, 6) is -0.517. The number of nitrogens with one attached hydrogen (secondary N) is 2. The largest absolute Gasteiger partial charge is 0.454 e. The standard InChI is InChI=1S/C21H20ClN3O8S/c1-34-7-6-16(24-20(27)14-4-3-13(25(29)30)9-15(14)22)21(28)31-10-19(26)23-12-2-5-17-18(8-12)33-11-32-17/h2-5,8-9,16H,6-7,10-11H2,1H3,(H,23,26)(H,24,27)/t16-/m0/s1. The molecule has 0 spiro atoms. The highest BCUT2D eigenvalue weighted by Gasteiger charge is 2.25. The Balaban J connectivity index is 1.58. The first-order valence-corrected chi connectivity index (χ1v) is 11.7. The van der Waals surface area contributed by atoms with Gasteiger partial charge in [-0.25, -0.2) is 4.79 Å². The van der Waals surface area contributed by atoms with E-state index in [2.05, 4.69) is 10.6 Å². The molecular formula is C21H20ClN3O8S. The third kappa shape index (κ3) is 6.51. The molecule has 0 saturated carbocycles. The molecule has 0 radical (unpaired) electrons. The summed E-state index contributed by atoms with van der Waals surface area (Å²) >= 11 is 7.45. The van der Waals surface area contributed by atoms with E-state index in [4.69, 9.17) is 25.8 Å². The van der Waals surface area contributed by atoms with Gasteiger partial charge >= 0.3 is 5.97 Å². The zero-order valence-corrected chi connectivity index (χ0v) is 19.4. The topological polar surface area (TPSA) is 146 Å². The number of esters is 1. The molecule has 0 aromatic heterocycles. The molecule has 11 nitrogen and oxygen atoms in total. The van der Waals surface area contributed by atoms with Gasteiger partial charge in [-0.15, -0.1) is 0 Å². The van der Waals surface area contributed by atoms with E-state index in [0.717, 1.165) is 12.1 Å². The monoisotopic (exact) mass is 509 g/mol. The summed E-state index contributed by atoms with van der Waals surface area (Å²) in [6, 6.07) is 7.17. The quantitative estimate of drug-likeness (QED) is 0.280. The highest BCUT2D eigenvalue weighted by Crippen LogP contribution is 2.34. The highest BCUT2D eigenvalue weighted by molar-refractivity contribution is 7.98. The van der Waals surface area contributed by atoms with Crippen molar-refractivity contribution in [3.63, 3.8) is 0 Å². The third-order valence-corrected chi connectivity index (χ3v) is 5.57. The van der Waals surface area contributed by atoms with E-state index >= 15 is 0 Å². The predicted octanol–water partition coefficient (Wildman–Crippen LogP) is 3.01. The van der Waals surface area contributed by atoms with Crippen LogP contribution in [0, 0.1) is 10.1 Å². The summed E-state index contributed by atoms with van der Waals surface area (Å²) < 4.78 is 15.5. The number of thioether (sulfide) groups is 1. The number of nitro benzene ring substituents is 1. The van der Waals surface area contributed by atoms with Gasteiger partial charge in [-0.3, -0.25) is 19.7 Å². The van der Waals surface area contributed by atoms with Gasteiger partial charge in [-0.05, 0) is 36.6 Å². The van der Waals surface area contributed by atoms with Crippen molar-refractivity contribution in [1.82, 2.24) is 5.32 Å². The first-order chi connectivity index (χ1) is 16.3. The van der Waals surface area contributed by atoms with Crippen LogP contribution in [0.2, 0.25) is 5.02 Å². The molecule has 2 aromatic rings. The molecule has 1 aliphatic heterocycles. The summed E-state index contributed by atoms with van der Waals surface area (Å²) in [4.78, 5) is 47.6. The maximum Gasteiger partial charge on any atom is 0.329 e. The summed E-state index contributed by atoms with van der Waals surface area (Å²) in [6.07, 6.45) is 2.07. The number of non-ortho nitro benzene ring substituents is 1. The molecule has 2 amide bonds. The lowest BCUT2D eigenvalue weighted by Crippen LogP contribution is -2.43. The van der Waals surface area contributed by atoms with Crippen molar-refractivity contribution >= 4 is 52.5 Å². The predicted molar refractivity (Wildman–Crippen MR) is 125 cm³/mol. The van der Waals surface area contributed by atoms with Crippen LogP contribution in [-0.2, 0) is 14.3 Å². The van der Waals surface area contributed by atoms with Gasteiger partial charge in [0, 0.05) is 23.9 Å². The zero-order chi connectivity index (χ0) is 24.7. The molecule has 3 rings (SSSR count). The lowest BCUT2D eigenvalue weighted by atomic mass is 10.1. The summed E-state index contributed by atoms with van der Waals surface area (Å²) in [5, 5.41) is 15.8. The highest BCUT2D eigenvalue weighted by atomic mass is 35.5. The van der Waals surface area contributed by atoms with Crippen molar-refractivity contribution in [2.75, 3.05) is 30.7 Å². The number of amides is 2. The van der Waals surface area contributed by atoms with Crippen LogP contribution in [0.5, 0.6) is 11.5 Å². The number of halogens is 1.